The van der Waals surface area contributed by atoms with Crippen molar-refractivity contribution >= 4 is 37.5 Å². The van der Waals surface area contributed by atoms with E-state index in [1.807, 2.05) is 49.4 Å². The molecule has 0 spiro atoms. The van der Waals surface area contributed by atoms with Crippen LogP contribution in [0.5, 0.6) is 0 Å². The molecule has 28 heavy (non-hydrogen) atoms. The van der Waals surface area contributed by atoms with Gasteiger partial charge >= 0.3 is 0 Å². The highest BCUT2D eigenvalue weighted by molar-refractivity contribution is 9.10. The minimum atomic E-state index is -3.11. The summed E-state index contributed by atoms with van der Waals surface area (Å²) in [5, 5.41) is 2.91. The van der Waals surface area contributed by atoms with E-state index in [9.17, 15) is 13.2 Å². The van der Waals surface area contributed by atoms with Gasteiger partial charge in [0.1, 0.15) is 0 Å². The summed E-state index contributed by atoms with van der Waals surface area (Å²) in [4.78, 5) is 14.7. The Bertz CT molecular complexity index is 953. The first-order chi connectivity index (χ1) is 13.2. The van der Waals surface area contributed by atoms with Crippen LogP contribution < -0.4 is 5.32 Å². The van der Waals surface area contributed by atoms with Crippen LogP contribution >= 0.6 is 15.9 Å². The lowest BCUT2D eigenvalue weighted by Crippen LogP contribution is -2.47. The van der Waals surface area contributed by atoms with Crippen molar-refractivity contribution in [2.24, 2.45) is 0 Å². The van der Waals surface area contributed by atoms with Gasteiger partial charge in [-0.3, -0.25) is 9.69 Å². The Morgan fingerprint density at radius 1 is 1.07 bits per heavy atom. The molecular formula is C20H24BrN3O3S. The molecule has 1 aliphatic rings. The minimum absolute atomic E-state index is 0.143. The Kier molecular flexibility index (Phi) is 6.54. The van der Waals surface area contributed by atoms with Crippen molar-refractivity contribution in [2.45, 2.75) is 13.5 Å². The molecule has 0 unspecified atom stereocenters. The molecule has 6 nitrogen and oxygen atoms in total. The molecule has 0 atom stereocenters. The molecule has 1 saturated heterocycles. The highest BCUT2D eigenvalue weighted by Gasteiger charge is 2.23. The summed E-state index contributed by atoms with van der Waals surface area (Å²) in [6.07, 6.45) is 1.25. The lowest BCUT2D eigenvalue weighted by atomic mass is 10.1. The van der Waals surface area contributed by atoms with E-state index in [0.717, 1.165) is 27.8 Å². The number of carbonyl (C=O) groups excluding carboxylic acids is 1. The standard InChI is InChI=1S/C20H24BrN3O3S/c1-15-13-18(7-8-19(15)21)22-20(25)17-5-3-16(4-6-17)14-23-9-11-24(12-10-23)28(2,26)27/h3-8,13H,9-12,14H2,1-2H3,(H,22,25). The number of nitrogens with one attached hydrogen (secondary N) is 1. The molecular weight excluding hydrogens is 442 g/mol. The van der Waals surface area contributed by atoms with Crippen LogP contribution in [-0.2, 0) is 16.6 Å². The van der Waals surface area contributed by atoms with Crippen molar-refractivity contribution in [1.82, 2.24) is 9.21 Å². The number of benzene rings is 2. The van der Waals surface area contributed by atoms with E-state index >= 15 is 0 Å². The Balaban J connectivity index is 1.56. The average molecular weight is 466 g/mol. The molecule has 8 heteroatoms. The number of halogens is 1. The van der Waals surface area contributed by atoms with Gasteiger partial charge in [0, 0.05) is 48.4 Å². The van der Waals surface area contributed by atoms with Crippen LogP contribution in [0.1, 0.15) is 21.5 Å². The van der Waals surface area contributed by atoms with Gasteiger partial charge in [-0.05, 0) is 48.4 Å². The van der Waals surface area contributed by atoms with E-state index in [0.29, 0.717) is 31.7 Å². The van der Waals surface area contributed by atoms with Gasteiger partial charge in [-0.25, -0.2) is 8.42 Å². The highest BCUT2D eigenvalue weighted by atomic mass is 79.9. The minimum Gasteiger partial charge on any atom is -0.322 e. The zero-order valence-electron chi connectivity index (χ0n) is 16.0. The summed E-state index contributed by atoms with van der Waals surface area (Å²) in [5.41, 5.74) is 3.53. The number of hydrogen-bond acceptors (Lipinski definition) is 4. The molecule has 1 heterocycles. The molecule has 0 aliphatic carbocycles. The van der Waals surface area contributed by atoms with E-state index in [2.05, 4.69) is 26.1 Å². The molecule has 150 valence electrons. The fourth-order valence-corrected chi connectivity index (χ4v) is 4.24. The predicted molar refractivity (Wildman–Crippen MR) is 115 cm³/mol. The van der Waals surface area contributed by atoms with Crippen molar-refractivity contribution < 1.29 is 13.2 Å². The van der Waals surface area contributed by atoms with E-state index < -0.39 is 10.0 Å². The van der Waals surface area contributed by atoms with Gasteiger partial charge in [0.15, 0.2) is 0 Å². The van der Waals surface area contributed by atoms with Crippen molar-refractivity contribution in [2.75, 3.05) is 37.8 Å². The van der Waals surface area contributed by atoms with Crippen LogP contribution in [0.2, 0.25) is 0 Å². The Labute approximate surface area is 174 Å². The second-order valence-electron chi connectivity index (χ2n) is 7.05. The lowest BCUT2D eigenvalue weighted by Gasteiger charge is -2.33. The average Bonchev–Trinajstić information content (AvgIpc) is 2.65. The quantitative estimate of drug-likeness (QED) is 0.736. The van der Waals surface area contributed by atoms with Gasteiger partial charge in [0.25, 0.3) is 5.91 Å². The van der Waals surface area contributed by atoms with Gasteiger partial charge < -0.3 is 5.32 Å². The van der Waals surface area contributed by atoms with Crippen molar-refractivity contribution in [3.05, 3.63) is 63.6 Å². The van der Waals surface area contributed by atoms with Crippen LogP contribution in [0.25, 0.3) is 0 Å². The maximum absolute atomic E-state index is 12.4. The Morgan fingerprint density at radius 2 is 1.71 bits per heavy atom. The molecule has 2 aromatic rings. The third kappa shape index (κ3) is 5.41. The molecule has 1 fully saturated rings. The molecule has 1 N–H and O–H groups in total. The van der Waals surface area contributed by atoms with E-state index in [4.69, 9.17) is 0 Å². The Morgan fingerprint density at radius 3 is 2.29 bits per heavy atom. The summed E-state index contributed by atoms with van der Waals surface area (Å²) in [7, 11) is -3.11. The maximum atomic E-state index is 12.4. The van der Waals surface area contributed by atoms with E-state index in [1.165, 1.54) is 10.6 Å². The number of rotatable bonds is 5. The molecule has 0 saturated carbocycles. The number of hydrogen-bond donors (Lipinski definition) is 1. The fraction of sp³-hybridized carbons (Fsp3) is 0.350. The highest BCUT2D eigenvalue weighted by Crippen LogP contribution is 2.20. The number of nitrogens with zero attached hydrogens (tertiary/aromatic N) is 2. The first kappa shape index (κ1) is 21.0. The van der Waals surface area contributed by atoms with Gasteiger partial charge in [0.05, 0.1) is 6.26 Å². The number of sulfonamides is 1. The van der Waals surface area contributed by atoms with E-state index in [-0.39, 0.29) is 5.91 Å². The normalized spacial score (nSPS) is 16.1. The maximum Gasteiger partial charge on any atom is 0.255 e. The largest absolute Gasteiger partial charge is 0.322 e. The lowest BCUT2D eigenvalue weighted by molar-refractivity contribution is 0.102. The topological polar surface area (TPSA) is 69.7 Å². The van der Waals surface area contributed by atoms with E-state index in [1.54, 1.807) is 0 Å². The molecule has 1 aliphatic heterocycles. The molecule has 1 amide bonds. The molecule has 0 bridgehead atoms. The second kappa shape index (κ2) is 8.73. The van der Waals surface area contributed by atoms with Crippen molar-refractivity contribution in [1.29, 1.82) is 0 Å². The monoisotopic (exact) mass is 465 g/mol. The van der Waals surface area contributed by atoms with Crippen LogP contribution in [0, 0.1) is 6.92 Å². The van der Waals surface area contributed by atoms with Crippen LogP contribution in [0.4, 0.5) is 5.69 Å². The molecule has 2 aromatic carbocycles. The smallest absolute Gasteiger partial charge is 0.255 e. The summed E-state index contributed by atoms with van der Waals surface area (Å²) >= 11 is 3.45. The first-order valence-electron chi connectivity index (χ1n) is 9.06. The third-order valence-corrected chi connectivity index (χ3v) is 7.03. The number of piperazine rings is 1. The molecule has 0 radical (unpaired) electrons. The fourth-order valence-electron chi connectivity index (χ4n) is 3.16. The number of anilines is 1. The number of aryl methyl sites for hydroxylation is 1. The van der Waals surface area contributed by atoms with Crippen LogP contribution in [0.15, 0.2) is 46.9 Å². The van der Waals surface area contributed by atoms with Gasteiger partial charge in [-0.2, -0.15) is 4.31 Å². The molecule has 3 rings (SSSR count). The van der Waals surface area contributed by atoms with Crippen LogP contribution in [-0.4, -0.2) is 56.0 Å². The summed E-state index contributed by atoms with van der Waals surface area (Å²) in [5.74, 6) is -0.143. The number of amides is 1. The SMILES string of the molecule is Cc1cc(NC(=O)c2ccc(CN3CCN(S(C)(=O)=O)CC3)cc2)ccc1Br. The Hall–Kier alpha value is -1.74. The van der Waals surface area contributed by atoms with Crippen LogP contribution in [0.3, 0.4) is 0 Å². The first-order valence-corrected chi connectivity index (χ1v) is 11.7. The summed E-state index contributed by atoms with van der Waals surface area (Å²) in [6, 6.07) is 13.2. The van der Waals surface area contributed by atoms with Gasteiger partial charge in [0.2, 0.25) is 10.0 Å². The van der Waals surface area contributed by atoms with Gasteiger partial charge in [-0.15, -0.1) is 0 Å². The zero-order chi connectivity index (χ0) is 20.3. The number of carbonyl (C=O) groups is 1. The van der Waals surface area contributed by atoms with Crippen molar-refractivity contribution in [3.63, 3.8) is 0 Å². The third-order valence-electron chi connectivity index (χ3n) is 4.84. The summed E-state index contributed by atoms with van der Waals surface area (Å²) < 4.78 is 25.7. The predicted octanol–water partition coefficient (Wildman–Crippen LogP) is 3.09. The molecule has 0 aromatic heterocycles. The second-order valence-corrected chi connectivity index (χ2v) is 9.89. The van der Waals surface area contributed by atoms with Gasteiger partial charge in [-0.1, -0.05) is 28.1 Å². The zero-order valence-corrected chi connectivity index (χ0v) is 18.4. The van der Waals surface area contributed by atoms with Crippen molar-refractivity contribution in [3.8, 4) is 0 Å². The summed E-state index contributed by atoms with van der Waals surface area (Å²) in [6.45, 7) is 5.17.